The van der Waals surface area contributed by atoms with Crippen LogP contribution in [0.4, 0.5) is 5.69 Å². The first-order valence-electron chi connectivity index (χ1n) is 14.8. The van der Waals surface area contributed by atoms with Gasteiger partial charge in [-0.05, 0) is 71.2 Å². The molecule has 4 rings (SSSR count). The number of carbonyl (C=O) groups is 3. The van der Waals surface area contributed by atoms with Gasteiger partial charge in [0.25, 0.3) is 0 Å². The minimum atomic E-state index is -0.740. The molecule has 10 heteroatoms. The number of rotatable bonds is 13. The highest BCUT2D eigenvalue weighted by Gasteiger charge is 2.76. The summed E-state index contributed by atoms with van der Waals surface area (Å²) in [5, 5.41) is 9.31. The van der Waals surface area contributed by atoms with E-state index in [4.69, 9.17) is 4.74 Å². The van der Waals surface area contributed by atoms with Gasteiger partial charge in [0, 0.05) is 47.5 Å². The minimum absolute atomic E-state index is 0.0137. The molecule has 230 valence electrons. The van der Waals surface area contributed by atoms with Gasteiger partial charge in [-0.3, -0.25) is 14.4 Å². The first-order chi connectivity index (χ1) is 20.0. The van der Waals surface area contributed by atoms with Crippen LogP contribution in [0.25, 0.3) is 0 Å². The highest BCUT2D eigenvalue weighted by Crippen LogP contribution is 2.68. The van der Waals surface area contributed by atoms with Gasteiger partial charge in [-0.15, -0.1) is 24.9 Å². The first-order valence-corrected chi connectivity index (χ1v) is 16.6. The van der Waals surface area contributed by atoms with Gasteiger partial charge in [0.2, 0.25) is 17.7 Å². The van der Waals surface area contributed by atoms with Crippen LogP contribution in [0.2, 0.25) is 0 Å². The lowest BCUT2D eigenvalue weighted by atomic mass is 9.70. The van der Waals surface area contributed by atoms with E-state index in [2.05, 4.69) is 29.1 Å². The summed E-state index contributed by atoms with van der Waals surface area (Å²) in [6.07, 6.45) is 5.13. The van der Waals surface area contributed by atoms with E-state index in [1.807, 2.05) is 52.0 Å². The van der Waals surface area contributed by atoms with Gasteiger partial charge in [-0.2, -0.15) is 0 Å². The molecule has 6 atom stereocenters. The maximum Gasteiger partial charge on any atom is 0.247 e. The molecule has 1 aromatic rings. The van der Waals surface area contributed by atoms with E-state index in [-0.39, 0.29) is 34.4 Å². The third kappa shape index (κ3) is 5.78. The summed E-state index contributed by atoms with van der Waals surface area (Å²) >= 11 is 5.50. The van der Waals surface area contributed by atoms with Crippen molar-refractivity contribution in [1.82, 2.24) is 9.80 Å². The molecule has 1 N–H and O–H groups in total. The van der Waals surface area contributed by atoms with Crippen LogP contribution in [0, 0.1) is 11.8 Å². The molecule has 1 spiro atoms. The van der Waals surface area contributed by atoms with Crippen LogP contribution in [0.3, 0.4) is 0 Å². The molecule has 0 aliphatic carbocycles. The molecule has 2 bridgehead atoms. The van der Waals surface area contributed by atoms with Crippen molar-refractivity contribution in [3.8, 4) is 5.75 Å². The molecular formula is C32H44BrN3O5S. The monoisotopic (exact) mass is 661 g/mol. The summed E-state index contributed by atoms with van der Waals surface area (Å²) in [7, 11) is 0. The fourth-order valence-electron chi connectivity index (χ4n) is 6.82. The number of amides is 3. The number of ether oxygens (including phenoxy) is 1. The highest BCUT2D eigenvalue weighted by atomic mass is 79.9. The summed E-state index contributed by atoms with van der Waals surface area (Å²) < 4.78 is 4.85. The molecule has 3 fully saturated rings. The van der Waals surface area contributed by atoms with E-state index in [0.29, 0.717) is 51.2 Å². The molecule has 1 aromatic carbocycles. The Morgan fingerprint density at radius 1 is 1.17 bits per heavy atom. The zero-order chi connectivity index (χ0) is 30.8. The number of anilines is 1. The molecule has 3 amide bonds. The van der Waals surface area contributed by atoms with Gasteiger partial charge < -0.3 is 24.5 Å². The smallest absolute Gasteiger partial charge is 0.247 e. The van der Waals surface area contributed by atoms with Crippen LogP contribution in [-0.2, 0) is 14.4 Å². The number of likely N-dealkylation sites (tertiary alicyclic amines) is 1. The number of unbranched alkanes of at least 4 members (excludes halogenated alkanes) is 1. The number of carbonyl (C=O) groups excluding carboxylic acids is 3. The number of halogens is 1. The summed E-state index contributed by atoms with van der Waals surface area (Å²) in [6, 6.07) is 6.68. The first kappa shape index (κ1) is 32.6. The van der Waals surface area contributed by atoms with Crippen molar-refractivity contribution in [2.75, 3.05) is 37.7 Å². The second-order valence-corrected chi connectivity index (χ2v) is 14.9. The second-order valence-electron chi connectivity index (χ2n) is 12.2. The number of hydrogen-bond donors (Lipinski definition) is 1. The van der Waals surface area contributed by atoms with Crippen molar-refractivity contribution < 1.29 is 24.2 Å². The number of aliphatic hydroxyl groups excluding tert-OH is 1. The Bertz CT molecular complexity index is 1190. The maximum absolute atomic E-state index is 14.5. The van der Waals surface area contributed by atoms with Gasteiger partial charge in [0.05, 0.1) is 23.2 Å². The van der Waals surface area contributed by atoms with E-state index in [1.54, 1.807) is 38.6 Å². The second kappa shape index (κ2) is 13.1. The van der Waals surface area contributed by atoms with Crippen molar-refractivity contribution in [1.29, 1.82) is 0 Å². The lowest BCUT2D eigenvalue weighted by Gasteiger charge is -2.42. The molecule has 0 radical (unpaired) electrons. The van der Waals surface area contributed by atoms with E-state index in [9.17, 15) is 19.5 Å². The third-order valence-electron chi connectivity index (χ3n) is 8.54. The van der Waals surface area contributed by atoms with Crippen LogP contribution in [0.1, 0.15) is 47.0 Å². The molecular weight excluding hydrogens is 618 g/mol. The van der Waals surface area contributed by atoms with Gasteiger partial charge in [0.1, 0.15) is 11.8 Å². The van der Waals surface area contributed by atoms with Crippen molar-refractivity contribution in [3.63, 3.8) is 0 Å². The molecule has 3 aliphatic heterocycles. The minimum Gasteiger partial charge on any atom is -0.494 e. The number of thioether (sulfide) groups is 1. The van der Waals surface area contributed by atoms with Crippen LogP contribution >= 0.6 is 27.7 Å². The van der Waals surface area contributed by atoms with Crippen LogP contribution in [0.5, 0.6) is 5.75 Å². The molecule has 0 aromatic heterocycles. The van der Waals surface area contributed by atoms with E-state index in [0.717, 1.165) is 5.75 Å². The van der Waals surface area contributed by atoms with Crippen LogP contribution < -0.4 is 9.64 Å². The van der Waals surface area contributed by atoms with Gasteiger partial charge in [-0.1, -0.05) is 28.1 Å². The van der Waals surface area contributed by atoms with Crippen molar-refractivity contribution in [3.05, 3.63) is 49.6 Å². The molecule has 0 saturated carbocycles. The van der Waals surface area contributed by atoms with Crippen molar-refractivity contribution >= 4 is 51.1 Å². The molecule has 8 nitrogen and oxygen atoms in total. The molecule has 3 heterocycles. The topological polar surface area (TPSA) is 90.4 Å². The number of benzene rings is 1. The number of hydrogen-bond acceptors (Lipinski definition) is 6. The Morgan fingerprint density at radius 3 is 2.40 bits per heavy atom. The number of aliphatic hydroxyl groups is 1. The van der Waals surface area contributed by atoms with Crippen LogP contribution in [0.15, 0.2) is 49.6 Å². The predicted molar refractivity (Wildman–Crippen MR) is 172 cm³/mol. The average Bonchev–Trinajstić information content (AvgIpc) is 3.53. The molecule has 3 saturated heterocycles. The average molecular weight is 663 g/mol. The normalized spacial score (nSPS) is 28.0. The summed E-state index contributed by atoms with van der Waals surface area (Å²) in [5.74, 6) is -0.904. The van der Waals surface area contributed by atoms with Gasteiger partial charge in [0.15, 0.2) is 0 Å². The number of alkyl halides is 1. The highest BCUT2D eigenvalue weighted by molar-refractivity contribution is 9.09. The standard InChI is InChI=1S/C32H44BrN3O5S/c1-7-16-34(21-12-14-22(15-13-21)41-9-3)28(38)24-25-29(39)35(18-10-11-19-37)27(32(25)20-23(33)26(24)42-32)30(40)36(17-8-2)31(4,5)6/h7-8,12-15,23-27,37H,1-2,9-11,16-20H2,3-6H3/t23?,24-,25+,26-,27?,32?/m1/s1. The Labute approximate surface area is 262 Å². The Balaban J connectivity index is 1.76. The Kier molecular flexibility index (Phi) is 10.2. The Morgan fingerprint density at radius 2 is 1.83 bits per heavy atom. The lowest BCUT2D eigenvalue weighted by molar-refractivity contribution is -0.145. The molecule has 3 aliphatic rings. The van der Waals surface area contributed by atoms with Crippen molar-refractivity contribution in [2.45, 2.75) is 73.4 Å². The van der Waals surface area contributed by atoms with Gasteiger partial charge >= 0.3 is 0 Å². The van der Waals surface area contributed by atoms with Gasteiger partial charge in [-0.25, -0.2) is 0 Å². The zero-order valence-electron chi connectivity index (χ0n) is 25.1. The predicted octanol–water partition coefficient (Wildman–Crippen LogP) is 4.65. The van der Waals surface area contributed by atoms with E-state index >= 15 is 0 Å². The van der Waals surface area contributed by atoms with E-state index in [1.165, 1.54) is 0 Å². The fourth-order valence-corrected chi connectivity index (χ4v) is 10.4. The third-order valence-corrected chi connectivity index (χ3v) is 11.8. The quantitative estimate of drug-likeness (QED) is 0.188. The summed E-state index contributed by atoms with van der Waals surface area (Å²) in [4.78, 5) is 48.6. The molecule has 42 heavy (non-hydrogen) atoms. The van der Waals surface area contributed by atoms with E-state index < -0.39 is 28.2 Å². The SMILES string of the molecule is C=CCN(C(=O)[C@H]1[C@@H]2SC3(CC2Br)C(C(=O)N(CC=C)C(C)(C)C)N(CCCCO)C(=O)[C@H]13)c1ccc(OCC)cc1. The largest absolute Gasteiger partial charge is 0.494 e. The lowest BCUT2D eigenvalue weighted by Crippen LogP contribution is -2.59. The number of fused-ring (bicyclic) bond motifs is 1. The van der Waals surface area contributed by atoms with Crippen molar-refractivity contribution in [2.24, 2.45) is 11.8 Å². The van der Waals surface area contributed by atoms with Crippen LogP contribution in [-0.4, -0.2) is 91.9 Å². The maximum atomic E-state index is 14.5. The summed E-state index contributed by atoms with van der Waals surface area (Å²) in [5.41, 5.74) is 0.220. The zero-order valence-corrected chi connectivity index (χ0v) is 27.5. The fraction of sp³-hybridized carbons (Fsp3) is 0.594. The Hall–Kier alpha value is -2.30. The molecule has 3 unspecified atom stereocenters. The number of nitrogens with zero attached hydrogens (tertiary/aromatic N) is 3. The summed E-state index contributed by atoms with van der Waals surface area (Å²) in [6.45, 7) is 17.2.